The van der Waals surface area contributed by atoms with E-state index in [1.165, 1.54) is 0 Å². The van der Waals surface area contributed by atoms with Gasteiger partial charge in [0.05, 0.1) is 11.7 Å². The Bertz CT molecular complexity index is 778. The van der Waals surface area contributed by atoms with E-state index in [-0.39, 0.29) is 41.8 Å². The van der Waals surface area contributed by atoms with Crippen LogP contribution >= 0.6 is 0 Å². The second-order valence-electron chi connectivity index (χ2n) is 11.0. The molecule has 5 aliphatic rings. The van der Waals surface area contributed by atoms with E-state index in [0.717, 1.165) is 44.1 Å². The van der Waals surface area contributed by atoms with Crippen molar-refractivity contribution in [1.82, 2.24) is 0 Å². The van der Waals surface area contributed by atoms with Crippen molar-refractivity contribution in [3.63, 3.8) is 0 Å². The zero-order valence-electron chi connectivity index (χ0n) is 18.0. The van der Waals surface area contributed by atoms with E-state index in [1.54, 1.807) is 6.08 Å². The molecule has 0 bridgehead atoms. The summed E-state index contributed by atoms with van der Waals surface area (Å²) in [7, 11) is 0. The summed E-state index contributed by atoms with van der Waals surface area (Å²) < 4.78 is 10.5. The van der Waals surface area contributed by atoms with Gasteiger partial charge in [0.25, 0.3) is 6.47 Å². The highest BCUT2D eigenvalue weighted by Crippen LogP contribution is 2.69. The summed E-state index contributed by atoms with van der Waals surface area (Å²) in [5, 5.41) is 23.7. The second kappa shape index (κ2) is 6.80. The number of carbonyl (C=O) groups excluding carboxylic acids is 2. The van der Waals surface area contributed by atoms with Crippen molar-refractivity contribution in [2.24, 2.45) is 34.5 Å². The molecule has 4 saturated carbocycles. The third-order valence-corrected chi connectivity index (χ3v) is 10.3. The first-order chi connectivity index (χ1) is 14.2. The number of cyclic esters (lactones) is 1. The lowest BCUT2D eigenvalue weighted by Crippen LogP contribution is -2.67. The molecule has 0 spiro atoms. The Kier molecular flexibility index (Phi) is 4.64. The van der Waals surface area contributed by atoms with E-state index >= 15 is 0 Å². The number of hydrogen-bond acceptors (Lipinski definition) is 6. The Hall–Kier alpha value is -1.40. The van der Waals surface area contributed by atoms with Crippen LogP contribution in [-0.4, -0.2) is 47.1 Å². The third-order valence-electron chi connectivity index (χ3n) is 10.3. The molecule has 0 aromatic rings. The van der Waals surface area contributed by atoms with Crippen LogP contribution in [-0.2, 0) is 19.1 Å². The van der Waals surface area contributed by atoms with Gasteiger partial charge in [-0.05, 0) is 86.0 Å². The van der Waals surface area contributed by atoms with Gasteiger partial charge in [-0.1, -0.05) is 13.8 Å². The molecule has 0 radical (unpaired) electrons. The second-order valence-corrected chi connectivity index (χ2v) is 11.0. The van der Waals surface area contributed by atoms with Gasteiger partial charge < -0.3 is 19.7 Å². The highest BCUT2D eigenvalue weighted by molar-refractivity contribution is 5.85. The molecular formula is C24H34O6. The Morgan fingerprint density at radius 3 is 2.63 bits per heavy atom. The van der Waals surface area contributed by atoms with Gasteiger partial charge in [0, 0.05) is 11.5 Å². The van der Waals surface area contributed by atoms with Crippen LogP contribution in [0.1, 0.15) is 65.2 Å². The van der Waals surface area contributed by atoms with Gasteiger partial charge in [0.15, 0.2) is 0 Å². The van der Waals surface area contributed by atoms with Gasteiger partial charge in [-0.25, -0.2) is 4.79 Å². The minimum absolute atomic E-state index is 0.00157. The first kappa shape index (κ1) is 20.5. The van der Waals surface area contributed by atoms with E-state index in [9.17, 15) is 19.8 Å². The highest BCUT2D eigenvalue weighted by Gasteiger charge is 2.70. The number of rotatable bonds is 3. The molecule has 5 rings (SSSR count). The fraction of sp³-hybridized carbons (Fsp3) is 0.833. The van der Waals surface area contributed by atoms with E-state index in [2.05, 4.69) is 6.92 Å². The summed E-state index contributed by atoms with van der Waals surface area (Å²) in [5.74, 6) is 0.537. The molecule has 6 heteroatoms. The molecule has 4 fully saturated rings. The molecule has 0 amide bonds. The zero-order chi connectivity index (χ0) is 21.3. The van der Waals surface area contributed by atoms with Gasteiger partial charge in [-0.3, -0.25) is 4.79 Å². The zero-order valence-corrected chi connectivity index (χ0v) is 18.0. The molecular weight excluding hydrogens is 384 g/mol. The van der Waals surface area contributed by atoms with Crippen molar-refractivity contribution in [2.75, 3.05) is 6.61 Å². The van der Waals surface area contributed by atoms with Crippen molar-refractivity contribution in [3.8, 4) is 0 Å². The number of hydrogen-bond donors (Lipinski definition) is 2. The van der Waals surface area contributed by atoms with Crippen LogP contribution in [0.5, 0.6) is 0 Å². The Labute approximate surface area is 178 Å². The van der Waals surface area contributed by atoms with Crippen LogP contribution in [0, 0.1) is 34.5 Å². The fourth-order valence-electron chi connectivity index (χ4n) is 8.55. The van der Waals surface area contributed by atoms with Crippen LogP contribution in [0.15, 0.2) is 11.6 Å². The number of fused-ring (bicyclic) bond motifs is 5. The molecule has 0 aromatic carbocycles. The highest BCUT2D eigenvalue weighted by atomic mass is 16.5. The van der Waals surface area contributed by atoms with Crippen molar-refractivity contribution < 1.29 is 29.3 Å². The van der Waals surface area contributed by atoms with Crippen molar-refractivity contribution in [3.05, 3.63) is 11.6 Å². The molecule has 2 N–H and O–H groups in total. The minimum Gasteiger partial charge on any atom is -0.465 e. The molecule has 0 aromatic heterocycles. The Morgan fingerprint density at radius 1 is 1.13 bits per heavy atom. The topological polar surface area (TPSA) is 93.1 Å². The van der Waals surface area contributed by atoms with Gasteiger partial charge in [0.1, 0.15) is 12.7 Å². The van der Waals surface area contributed by atoms with Gasteiger partial charge in [-0.15, -0.1) is 0 Å². The normalized spacial score (nSPS) is 52.5. The molecule has 9 unspecified atom stereocenters. The molecule has 0 saturated heterocycles. The van der Waals surface area contributed by atoms with Crippen LogP contribution in [0.2, 0.25) is 0 Å². The average molecular weight is 419 g/mol. The number of aliphatic hydroxyl groups is 2. The number of carbonyl (C=O) groups is 2. The van der Waals surface area contributed by atoms with Crippen molar-refractivity contribution >= 4 is 12.4 Å². The maximum atomic E-state index is 12.2. The van der Waals surface area contributed by atoms with Crippen molar-refractivity contribution in [2.45, 2.75) is 83.0 Å². The van der Waals surface area contributed by atoms with E-state index in [4.69, 9.17) is 9.47 Å². The first-order valence-electron chi connectivity index (χ1n) is 11.6. The maximum absolute atomic E-state index is 12.2. The summed E-state index contributed by atoms with van der Waals surface area (Å²) in [5.41, 5.74) is -0.610. The number of ether oxygens (including phenoxy) is 2. The molecule has 1 heterocycles. The lowest BCUT2D eigenvalue weighted by atomic mass is 9.42. The standard InChI is InChI=1S/C24H34O6/c1-22-7-5-16(30-13-25)10-15(22)3-4-18-19(22)11-20(26)23(2)17(6-8-24(18,23)28)14-9-21(27)29-12-14/h9,13,15-20,26,28H,3-8,10-12H2,1-2H3. The molecule has 166 valence electrons. The quantitative estimate of drug-likeness (QED) is 0.541. The summed E-state index contributed by atoms with van der Waals surface area (Å²) in [4.78, 5) is 22.5. The van der Waals surface area contributed by atoms with Crippen LogP contribution in [0.25, 0.3) is 0 Å². The van der Waals surface area contributed by atoms with E-state index < -0.39 is 17.1 Å². The fourth-order valence-corrected chi connectivity index (χ4v) is 8.55. The SMILES string of the molecule is CC12CCC(OC=O)CC1CCC1C2CC(O)C2(C)C(C3=CC(=O)OC3)CCC12O. The van der Waals surface area contributed by atoms with Crippen LogP contribution < -0.4 is 0 Å². The number of esters is 1. The van der Waals surface area contributed by atoms with E-state index in [1.807, 2.05) is 6.92 Å². The Balaban J connectivity index is 1.46. The molecule has 30 heavy (non-hydrogen) atoms. The van der Waals surface area contributed by atoms with Gasteiger partial charge >= 0.3 is 5.97 Å². The van der Waals surface area contributed by atoms with E-state index in [0.29, 0.717) is 25.2 Å². The largest absolute Gasteiger partial charge is 0.465 e. The average Bonchev–Trinajstić information content (AvgIpc) is 3.25. The predicted molar refractivity (Wildman–Crippen MR) is 108 cm³/mol. The lowest BCUT2D eigenvalue weighted by molar-refractivity contribution is -0.245. The molecule has 9 atom stereocenters. The maximum Gasteiger partial charge on any atom is 0.331 e. The van der Waals surface area contributed by atoms with Gasteiger partial charge in [-0.2, -0.15) is 0 Å². The van der Waals surface area contributed by atoms with Gasteiger partial charge in [0.2, 0.25) is 0 Å². The van der Waals surface area contributed by atoms with Crippen LogP contribution in [0.4, 0.5) is 0 Å². The minimum atomic E-state index is -0.934. The summed E-state index contributed by atoms with van der Waals surface area (Å²) in [6.07, 6.45) is 7.78. The molecule has 6 nitrogen and oxygen atoms in total. The Morgan fingerprint density at radius 2 is 1.93 bits per heavy atom. The number of aliphatic hydroxyl groups excluding tert-OH is 1. The predicted octanol–water partition coefficient (Wildman–Crippen LogP) is 2.76. The summed E-state index contributed by atoms with van der Waals surface area (Å²) in [6.45, 7) is 5.23. The molecule has 1 aliphatic heterocycles. The smallest absolute Gasteiger partial charge is 0.331 e. The van der Waals surface area contributed by atoms with Crippen molar-refractivity contribution in [1.29, 1.82) is 0 Å². The third kappa shape index (κ3) is 2.56. The summed E-state index contributed by atoms with van der Waals surface area (Å²) in [6, 6.07) is 0. The van der Waals surface area contributed by atoms with Crippen LogP contribution in [0.3, 0.4) is 0 Å². The first-order valence-corrected chi connectivity index (χ1v) is 11.6. The molecule has 4 aliphatic carbocycles. The monoisotopic (exact) mass is 418 g/mol. The lowest BCUT2D eigenvalue weighted by Gasteiger charge is -2.65. The summed E-state index contributed by atoms with van der Waals surface area (Å²) >= 11 is 0.